The van der Waals surface area contributed by atoms with Gasteiger partial charge >= 0.3 is 5.97 Å². The monoisotopic (exact) mass is 444 g/mol. The highest BCUT2D eigenvalue weighted by atomic mass is 32.2. The van der Waals surface area contributed by atoms with E-state index in [1.165, 1.54) is 29.4 Å². The van der Waals surface area contributed by atoms with Crippen LogP contribution in [0.2, 0.25) is 0 Å². The predicted molar refractivity (Wildman–Crippen MR) is 111 cm³/mol. The lowest BCUT2D eigenvalue weighted by Gasteiger charge is -2.07. The highest BCUT2D eigenvalue weighted by Gasteiger charge is 2.16. The summed E-state index contributed by atoms with van der Waals surface area (Å²) in [6, 6.07) is 7.19. The van der Waals surface area contributed by atoms with Crippen LogP contribution < -0.4 is 9.47 Å². The van der Waals surface area contributed by atoms with Gasteiger partial charge in [0.25, 0.3) is 5.89 Å². The molecule has 0 N–H and O–H groups in total. The zero-order valence-corrected chi connectivity index (χ0v) is 17.7. The summed E-state index contributed by atoms with van der Waals surface area (Å²) in [5, 5.41) is 7.54. The second kappa shape index (κ2) is 9.09. The maximum Gasteiger partial charge on any atom is 0.316 e. The number of aromatic nitrogens is 4. The first-order chi connectivity index (χ1) is 14.7. The highest BCUT2D eigenvalue weighted by Crippen LogP contribution is 2.31. The predicted octanol–water partition coefficient (Wildman–Crippen LogP) is 3.59. The molecule has 3 heterocycles. The molecule has 4 aromatic rings. The van der Waals surface area contributed by atoms with Crippen LogP contribution in [-0.4, -0.2) is 46.1 Å². The molecule has 11 heteroatoms. The third-order valence-electron chi connectivity index (χ3n) is 4.03. The minimum atomic E-state index is -0.413. The molecule has 0 fully saturated rings. The zero-order valence-electron chi connectivity index (χ0n) is 16.0. The van der Waals surface area contributed by atoms with Gasteiger partial charge < -0.3 is 18.7 Å². The van der Waals surface area contributed by atoms with E-state index in [1.54, 1.807) is 32.4 Å². The van der Waals surface area contributed by atoms with Crippen LogP contribution in [0.25, 0.3) is 21.6 Å². The van der Waals surface area contributed by atoms with Gasteiger partial charge in [-0.15, -0.1) is 11.3 Å². The summed E-state index contributed by atoms with van der Waals surface area (Å²) < 4.78 is 21.0. The first-order valence-corrected chi connectivity index (χ1v) is 10.6. The number of hydrogen-bond donors (Lipinski definition) is 0. The molecule has 0 aliphatic heterocycles. The van der Waals surface area contributed by atoms with Crippen LogP contribution in [0.5, 0.6) is 11.5 Å². The Balaban J connectivity index is 1.35. The van der Waals surface area contributed by atoms with Crippen molar-refractivity contribution in [3.05, 3.63) is 41.9 Å². The number of ether oxygens (including phenoxy) is 3. The van der Waals surface area contributed by atoms with Gasteiger partial charge in [-0.2, -0.15) is 4.98 Å². The van der Waals surface area contributed by atoms with Gasteiger partial charge in [0.05, 0.1) is 25.5 Å². The first kappa shape index (κ1) is 20.1. The van der Waals surface area contributed by atoms with E-state index in [0.29, 0.717) is 22.9 Å². The first-order valence-electron chi connectivity index (χ1n) is 8.69. The van der Waals surface area contributed by atoms with Crippen LogP contribution in [0, 0.1) is 0 Å². The summed E-state index contributed by atoms with van der Waals surface area (Å²) in [4.78, 5) is 25.7. The number of esters is 1. The van der Waals surface area contributed by atoms with Gasteiger partial charge in [0, 0.05) is 11.5 Å². The van der Waals surface area contributed by atoms with Gasteiger partial charge in [-0.25, -0.2) is 9.97 Å². The number of nitrogens with zero attached hydrogens (tertiary/aromatic N) is 4. The lowest BCUT2D eigenvalue weighted by Crippen LogP contribution is -2.07. The molecule has 0 unspecified atom stereocenters. The fraction of sp³-hybridized carbons (Fsp3) is 0.211. The van der Waals surface area contributed by atoms with Gasteiger partial charge in [0.2, 0.25) is 5.82 Å². The molecule has 0 amide bonds. The van der Waals surface area contributed by atoms with E-state index in [1.807, 2.05) is 11.4 Å². The maximum absolute atomic E-state index is 12.1. The van der Waals surface area contributed by atoms with Crippen molar-refractivity contribution in [1.82, 2.24) is 20.1 Å². The molecular formula is C19H16N4O5S2. The van der Waals surface area contributed by atoms with Crippen LogP contribution in [-0.2, 0) is 16.1 Å². The second-order valence-electron chi connectivity index (χ2n) is 5.85. The summed E-state index contributed by atoms with van der Waals surface area (Å²) in [5.74, 6) is 1.40. The number of fused-ring (bicyclic) bond motifs is 1. The molecule has 154 valence electrons. The summed E-state index contributed by atoms with van der Waals surface area (Å²) in [7, 11) is 3.11. The third-order valence-corrected chi connectivity index (χ3v) is 5.83. The molecule has 0 saturated carbocycles. The SMILES string of the molecule is COc1ccc(-c2noc(COC(=O)CSc3ncnc4sccc34)n2)c(OC)c1. The van der Waals surface area contributed by atoms with Crippen molar-refractivity contribution in [1.29, 1.82) is 0 Å². The van der Waals surface area contributed by atoms with Crippen molar-refractivity contribution in [2.45, 2.75) is 11.6 Å². The number of methoxy groups -OCH3 is 2. The Kier molecular flexibility index (Phi) is 6.10. The lowest BCUT2D eigenvalue weighted by atomic mass is 10.2. The number of carbonyl (C=O) groups is 1. The Morgan fingerprint density at radius 1 is 1.20 bits per heavy atom. The molecule has 0 saturated heterocycles. The van der Waals surface area contributed by atoms with E-state index in [4.69, 9.17) is 18.7 Å². The number of carbonyl (C=O) groups excluding carboxylic acids is 1. The molecule has 9 nitrogen and oxygen atoms in total. The van der Waals surface area contributed by atoms with Crippen molar-refractivity contribution in [3.8, 4) is 22.9 Å². The fourth-order valence-corrected chi connectivity index (χ4v) is 4.18. The molecular weight excluding hydrogens is 428 g/mol. The summed E-state index contributed by atoms with van der Waals surface area (Å²) >= 11 is 2.82. The van der Waals surface area contributed by atoms with Crippen molar-refractivity contribution >= 4 is 39.3 Å². The Morgan fingerprint density at radius 2 is 2.10 bits per heavy atom. The van der Waals surface area contributed by atoms with Gasteiger partial charge in [0.15, 0.2) is 6.61 Å². The number of thioether (sulfide) groups is 1. The average Bonchev–Trinajstić information content (AvgIpc) is 3.45. The molecule has 4 rings (SSSR count). The topological polar surface area (TPSA) is 109 Å². The quantitative estimate of drug-likeness (QED) is 0.227. The standard InChI is InChI=1S/C19H16N4O5S2/c1-25-11-3-4-12(14(7-11)26-2)17-22-15(28-23-17)8-27-16(24)9-30-19-13-5-6-29-18(13)20-10-21-19/h3-7,10H,8-9H2,1-2H3. The van der Waals surface area contributed by atoms with Crippen molar-refractivity contribution in [2.75, 3.05) is 20.0 Å². The van der Waals surface area contributed by atoms with Crippen LogP contribution >= 0.6 is 23.1 Å². The second-order valence-corrected chi connectivity index (χ2v) is 7.70. The zero-order chi connectivity index (χ0) is 20.9. The Bertz CT molecular complexity index is 1180. The Labute approximate surface area is 179 Å². The van der Waals surface area contributed by atoms with Crippen molar-refractivity contribution in [3.63, 3.8) is 0 Å². The largest absolute Gasteiger partial charge is 0.497 e. The minimum Gasteiger partial charge on any atom is -0.497 e. The number of benzene rings is 1. The van der Waals surface area contributed by atoms with Crippen molar-refractivity contribution < 1.29 is 23.5 Å². The Morgan fingerprint density at radius 3 is 2.93 bits per heavy atom. The van der Waals surface area contributed by atoms with Crippen LogP contribution in [0.3, 0.4) is 0 Å². The van der Waals surface area contributed by atoms with E-state index < -0.39 is 5.97 Å². The summed E-state index contributed by atoms with van der Waals surface area (Å²) in [5.41, 5.74) is 0.638. The number of rotatable bonds is 8. The van der Waals surface area contributed by atoms with E-state index in [-0.39, 0.29) is 18.3 Å². The van der Waals surface area contributed by atoms with Gasteiger partial charge in [-0.3, -0.25) is 4.79 Å². The molecule has 0 bridgehead atoms. The minimum absolute atomic E-state index is 0.106. The van der Waals surface area contributed by atoms with E-state index in [0.717, 1.165) is 15.2 Å². The molecule has 0 radical (unpaired) electrons. The van der Waals surface area contributed by atoms with Gasteiger partial charge in [0.1, 0.15) is 27.7 Å². The van der Waals surface area contributed by atoms with Crippen LogP contribution in [0.15, 0.2) is 45.5 Å². The van der Waals surface area contributed by atoms with E-state index >= 15 is 0 Å². The summed E-state index contributed by atoms with van der Waals surface area (Å²) in [6.07, 6.45) is 1.49. The molecule has 0 spiro atoms. The Hall–Kier alpha value is -3.18. The summed E-state index contributed by atoms with van der Waals surface area (Å²) in [6.45, 7) is -0.123. The lowest BCUT2D eigenvalue weighted by molar-refractivity contribution is -0.142. The van der Waals surface area contributed by atoms with Crippen LogP contribution in [0.4, 0.5) is 0 Å². The highest BCUT2D eigenvalue weighted by molar-refractivity contribution is 8.00. The fourth-order valence-electron chi connectivity index (χ4n) is 2.60. The average molecular weight is 444 g/mol. The number of hydrogen-bond acceptors (Lipinski definition) is 11. The number of thiophene rings is 1. The van der Waals surface area contributed by atoms with Gasteiger partial charge in [-0.05, 0) is 23.6 Å². The molecule has 30 heavy (non-hydrogen) atoms. The van der Waals surface area contributed by atoms with Crippen LogP contribution in [0.1, 0.15) is 5.89 Å². The molecule has 1 aromatic carbocycles. The molecule has 0 aliphatic carbocycles. The third kappa shape index (κ3) is 4.36. The normalized spacial score (nSPS) is 10.9. The maximum atomic E-state index is 12.1. The van der Waals surface area contributed by atoms with E-state index in [9.17, 15) is 4.79 Å². The van der Waals surface area contributed by atoms with Crippen molar-refractivity contribution in [2.24, 2.45) is 0 Å². The van der Waals surface area contributed by atoms with E-state index in [2.05, 4.69) is 20.1 Å². The smallest absolute Gasteiger partial charge is 0.316 e. The molecule has 0 aliphatic rings. The molecule has 3 aromatic heterocycles. The van der Waals surface area contributed by atoms with Gasteiger partial charge in [-0.1, -0.05) is 16.9 Å². The molecule has 0 atom stereocenters.